The smallest absolute Gasteiger partial charge is 0.267 e. The molecule has 0 saturated heterocycles. The van der Waals surface area contributed by atoms with E-state index in [2.05, 4.69) is 9.88 Å². The zero-order valence-electron chi connectivity index (χ0n) is 25.5. The minimum Gasteiger partial charge on any atom is -0.497 e. The van der Waals surface area contributed by atoms with E-state index in [1.54, 1.807) is 25.1 Å². The van der Waals surface area contributed by atoms with Crippen LogP contribution in [0.2, 0.25) is 0 Å². The van der Waals surface area contributed by atoms with Gasteiger partial charge in [-0.05, 0) is 63.2 Å². The average molecular weight is 651 g/mol. The number of aryl methyl sites for hydroxylation is 2. The third kappa shape index (κ3) is 7.01. The number of aromatic nitrogens is 1. The van der Waals surface area contributed by atoms with Gasteiger partial charge in [-0.3, -0.25) is 9.52 Å². The lowest BCUT2D eigenvalue weighted by atomic mass is 10.0. The Kier molecular flexibility index (Phi) is 9.93. The van der Waals surface area contributed by atoms with E-state index in [9.17, 15) is 26.7 Å². The Bertz CT molecular complexity index is 1690. The molecule has 2 heterocycles. The summed E-state index contributed by atoms with van der Waals surface area (Å²) in [4.78, 5) is 15.1. The van der Waals surface area contributed by atoms with Crippen LogP contribution in [0.4, 0.5) is 5.69 Å². The summed E-state index contributed by atoms with van der Waals surface area (Å²) >= 11 is 0. The van der Waals surface area contributed by atoms with E-state index in [0.717, 1.165) is 0 Å². The van der Waals surface area contributed by atoms with Gasteiger partial charge in [-0.15, -0.1) is 0 Å². The number of fused-ring (bicyclic) bond motifs is 1. The number of ether oxygens (including phenoxy) is 2. The molecule has 2 aromatic carbocycles. The maximum Gasteiger partial charge on any atom is 0.267 e. The van der Waals surface area contributed by atoms with Gasteiger partial charge in [0.25, 0.3) is 10.0 Å². The molecule has 1 amide bonds. The molecule has 0 spiro atoms. The lowest BCUT2D eigenvalue weighted by Gasteiger charge is -2.33. The van der Waals surface area contributed by atoms with Crippen LogP contribution in [0.5, 0.6) is 11.5 Å². The van der Waals surface area contributed by atoms with Crippen molar-refractivity contribution in [2.45, 2.75) is 56.1 Å². The first kappa shape index (κ1) is 33.2. The highest BCUT2D eigenvalue weighted by molar-refractivity contribution is 7.92. The summed E-state index contributed by atoms with van der Waals surface area (Å²) < 4.78 is 73.4. The number of benzene rings is 2. The number of amides is 1. The van der Waals surface area contributed by atoms with E-state index >= 15 is 0 Å². The van der Waals surface area contributed by atoms with Crippen molar-refractivity contribution in [3.8, 4) is 11.5 Å². The number of aliphatic hydroxyl groups excluding tert-OH is 1. The van der Waals surface area contributed by atoms with Gasteiger partial charge in [-0.2, -0.15) is 4.31 Å². The number of carbonyl (C=O) groups excluding carboxylic acids is 1. The number of methoxy groups -OCH3 is 1. The van der Waals surface area contributed by atoms with E-state index in [1.165, 1.54) is 61.5 Å². The van der Waals surface area contributed by atoms with Gasteiger partial charge < -0.3 is 24.0 Å². The standard InChI is InChI=1S/C29H38N4O9S2/c1-18-15-33(19(2)17-34)28(35)14-22-13-23(31-43(36,37)29-20(3)30-42-21(29)4)7-12-26(22)41-27(18)16-32(5)44(38,39)25-10-8-24(40-6)9-11-25/h7-13,18-19,27,31,34H,14-17H2,1-6H3/t18-,19+,27+/m0/s1. The first-order valence-corrected chi connectivity index (χ1v) is 16.9. The second-order valence-electron chi connectivity index (χ2n) is 10.9. The summed E-state index contributed by atoms with van der Waals surface area (Å²) in [7, 11) is -5.02. The zero-order valence-corrected chi connectivity index (χ0v) is 27.1. The molecule has 0 saturated carbocycles. The molecule has 0 aliphatic carbocycles. The summed E-state index contributed by atoms with van der Waals surface area (Å²) in [6, 6.07) is 10.1. The molecule has 0 fully saturated rings. The van der Waals surface area contributed by atoms with E-state index in [-0.39, 0.29) is 64.9 Å². The number of likely N-dealkylation sites (N-methyl/N-ethyl adjacent to an activating group) is 1. The number of sulfonamides is 2. The Morgan fingerprint density at radius 1 is 1.16 bits per heavy atom. The Morgan fingerprint density at radius 3 is 2.43 bits per heavy atom. The fourth-order valence-electron chi connectivity index (χ4n) is 5.05. The third-order valence-corrected chi connectivity index (χ3v) is 11.1. The van der Waals surface area contributed by atoms with Crippen molar-refractivity contribution in [2.24, 2.45) is 5.92 Å². The maximum atomic E-state index is 13.5. The Morgan fingerprint density at radius 2 is 1.84 bits per heavy atom. The van der Waals surface area contributed by atoms with E-state index in [4.69, 9.17) is 14.0 Å². The van der Waals surface area contributed by atoms with Crippen LogP contribution in [0.15, 0.2) is 56.8 Å². The lowest BCUT2D eigenvalue weighted by Crippen LogP contribution is -2.48. The van der Waals surface area contributed by atoms with Gasteiger partial charge in [-0.25, -0.2) is 16.8 Å². The van der Waals surface area contributed by atoms with Crippen molar-refractivity contribution >= 4 is 31.6 Å². The quantitative estimate of drug-likeness (QED) is 0.333. The molecular formula is C29H38N4O9S2. The van der Waals surface area contributed by atoms with Crippen LogP contribution < -0.4 is 14.2 Å². The minimum absolute atomic E-state index is 0.0507. The van der Waals surface area contributed by atoms with Crippen LogP contribution in [0.3, 0.4) is 0 Å². The van der Waals surface area contributed by atoms with E-state index in [1.807, 2.05) is 6.92 Å². The third-order valence-electron chi connectivity index (χ3n) is 7.61. The first-order chi connectivity index (χ1) is 20.7. The molecule has 3 aromatic rings. The number of nitrogens with one attached hydrogen (secondary N) is 1. The van der Waals surface area contributed by atoms with E-state index in [0.29, 0.717) is 17.1 Å². The second kappa shape index (κ2) is 13.1. The fourth-order valence-corrected chi connectivity index (χ4v) is 7.62. The van der Waals surface area contributed by atoms with Gasteiger partial charge >= 0.3 is 0 Å². The number of anilines is 1. The monoisotopic (exact) mass is 650 g/mol. The molecule has 240 valence electrons. The predicted octanol–water partition coefficient (Wildman–Crippen LogP) is 2.57. The molecule has 1 aliphatic heterocycles. The van der Waals surface area contributed by atoms with Gasteiger partial charge in [0.05, 0.1) is 37.6 Å². The Labute approximate surface area is 257 Å². The van der Waals surface area contributed by atoms with Crippen molar-refractivity contribution < 1.29 is 40.7 Å². The molecular weight excluding hydrogens is 612 g/mol. The molecule has 2 N–H and O–H groups in total. The van der Waals surface area contributed by atoms with Gasteiger partial charge in [-0.1, -0.05) is 12.1 Å². The highest BCUT2D eigenvalue weighted by atomic mass is 32.2. The largest absolute Gasteiger partial charge is 0.497 e. The van der Waals surface area contributed by atoms with Crippen molar-refractivity contribution in [2.75, 3.05) is 38.6 Å². The molecule has 3 atom stereocenters. The van der Waals surface area contributed by atoms with Gasteiger partial charge in [0, 0.05) is 30.8 Å². The van der Waals surface area contributed by atoms with E-state index < -0.39 is 32.2 Å². The maximum absolute atomic E-state index is 13.5. The van der Waals surface area contributed by atoms with Crippen LogP contribution >= 0.6 is 0 Å². The highest BCUT2D eigenvalue weighted by Gasteiger charge is 2.34. The molecule has 1 aliphatic rings. The van der Waals surface area contributed by atoms with Gasteiger partial charge in [0.2, 0.25) is 15.9 Å². The molecule has 15 heteroatoms. The SMILES string of the molecule is COc1ccc(S(=O)(=O)N(C)C[C@H]2Oc3ccc(NS(=O)(=O)c4c(C)noc4C)cc3CC(=O)N([C@H](C)CO)C[C@@H]2C)cc1. The average Bonchev–Trinajstić information content (AvgIpc) is 3.35. The topological polar surface area (TPSA) is 169 Å². The molecule has 4 rings (SSSR count). The number of hydrogen-bond acceptors (Lipinski definition) is 10. The fraction of sp³-hybridized carbons (Fsp3) is 0.448. The van der Waals surface area contributed by atoms with Crippen LogP contribution in [0.25, 0.3) is 0 Å². The van der Waals surface area contributed by atoms with Crippen LogP contribution in [-0.2, 0) is 31.3 Å². The van der Waals surface area contributed by atoms with Crippen molar-refractivity contribution in [3.63, 3.8) is 0 Å². The molecule has 44 heavy (non-hydrogen) atoms. The minimum atomic E-state index is -4.06. The number of nitrogens with zero attached hydrogens (tertiary/aromatic N) is 3. The molecule has 0 unspecified atom stereocenters. The van der Waals surface area contributed by atoms with Gasteiger partial charge in [0.1, 0.15) is 23.3 Å². The Balaban J connectivity index is 1.68. The molecule has 0 radical (unpaired) electrons. The van der Waals surface area contributed by atoms with Crippen LogP contribution in [-0.4, -0.2) is 88.2 Å². The number of carbonyl (C=O) groups is 1. The van der Waals surface area contributed by atoms with Crippen LogP contribution in [0.1, 0.15) is 30.9 Å². The summed E-state index contributed by atoms with van der Waals surface area (Å²) in [5, 5.41) is 13.6. The first-order valence-electron chi connectivity index (χ1n) is 13.9. The zero-order chi connectivity index (χ0) is 32.4. The summed E-state index contributed by atoms with van der Waals surface area (Å²) in [6.45, 7) is 6.44. The molecule has 0 bridgehead atoms. The molecule has 13 nitrogen and oxygen atoms in total. The number of hydrogen-bond donors (Lipinski definition) is 2. The van der Waals surface area contributed by atoms with Crippen molar-refractivity contribution in [3.05, 3.63) is 59.5 Å². The second-order valence-corrected chi connectivity index (χ2v) is 14.6. The summed E-state index contributed by atoms with van der Waals surface area (Å²) in [5.74, 6) is 0.311. The number of aliphatic hydroxyl groups is 1. The summed E-state index contributed by atoms with van der Waals surface area (Å²) in [5.41, 5.74) is 0.782. The summed E-state index contributed by atoms with van der Waals surface area (Å²) in [6.07, 6.45) is -0.851. The highest BCUT2D eigenvalue weighted by Crippen LogP contribution is 2.31. The molecule has 1 aromatic heterocycles. The van der Waals surface area contributed by atoms with Gasteiger partial charge in [0.15, 0.2) is 10.7 Å². The lowest BCUT2D eigenvalue weighted by molar-refractivity contribution is -0.134. The predicted molar refractivity (Wildman–Crippen MR) is 162 cm³/mol. The van der Waals surface area contributed by atoms with Crippen molar-refractivity contribution in [1.29, 1.82) is 0 Å². The number of rotatable bonds is 10. The normalized spacial score (nSPS) is 18.5. The van der Waals surface area contributed by atoms with Crippen molar-refractivity contribution in [1.82, 2.24) is 14.4 Å². The van der Waals surface area contributed by atoms with Crippen LogP contribution in [0, 0.1) is 19.8 Å². The Hall–Kier alpha value is -3.66.